The number of benzene rings is 1. The Hall–Kier alpha value is -3.83. The van der Waals surface area contributed by atoms with Crippen LogP contribution in [0.1, 0.15) is 27.0 Å². The maximum absolute atomic E-state index is 13.4. The van der Waals surface area contributed by atoms with Crippen molar-refractivity contribution in [3.8, 4) is 11.1 Å². The molecule has 0 fully saturated rings. The predicted octanol–water partition coefficient (Wildman–Crippen LogP) is 3.09. The second kappa shape index (κ2) is 10.5. The molecule has 0 spiro atoms. The molecule has 0 unspecified atom stereocenters. The molecule has 3 rings (SSSR count). The number of anilines is 1. The molecule has 7 N–H and O–H groups in total. The third-order valence-electron chi connectivity index (χ3n) is 4.24. The average molecular weight is 445 g/mol. The van der Waals surface area contributed by atoms with Crippen molar-refractivity contribution < 1.29 is 18.0 Å². The van der Waals surface area contributed by atoms with E-state index in [4.69, 9.17) is 11.1 Å². The second-order valence-corrected chi connectivity index (χ2v) is 6.54. The second-order valence-electron chi connectivity index (χ2n) is 6.54. The lowest BCUT2D eigenvalue weighted by atomic mass is 9.97. The van der Waals surface area contributed by atoms with E-state index in [1.807, 2.05) is 0 Å². The first-order valence-electron chi connectivity index (χ1n) is 9.19. The molecule has 11 heteroatoms. The molecule has 8 nitrogen and oxygen atoms in total. The number of rotatable bonds is 4. The number of carbonyl (C=O) groups excluding carboxylic acids is 1. The van der Waals surface area contributed by atoms with E-state index in [0.29, 0.717) is 5.56 Å². The maximum Gasteiger partial charge on any atom is 0.417 e. The van der Waals surface area contributed by atoms with Gasteiger partial charge in [0.1, 0.15) is 11.7 Å². The van der Waals surface area contributed by atoms with E-state index in [1.165, 1.54) is 30.6 Å². The number of nitrogens with one attached hydrogen (secondary N) is 3. The normalized spacial score (nSPS) is 10.7. The van der Waals surface area contributed by atoms with Crippen molar-refractivity contribution in [3.05, 3.63) is 77.2 Å². The number of amidine groups is 1. The lowest BCUT2D eigenvalue weighted by molar-refractivity contribution is -0.137. The maximum atomic E-state index is 13.4. The van der Waals surface area contributed by atoms with Gasteiger partial charge in [0.05, 0.1) is 11.1 Å². The number of amides is 1. The highest BCUT2D eigenvalue weighted by Crippen LogP contribution is 2.37. The van der Waals surface area contributed by atoms with Crippen LogP contribution in [0.3, 0.4) is 0 Å². The number of pyridine rings is 2. The quantitative estimate of drug-likeness (QED) is 0.181. The predicted molar refractivity (Wildman–Crippen MR) is 116 cm³/mol. The first-order chi connectivity index (χ1) is 15.1. The summed E-state index contributed by atoms with van der Waals surface area (Å²) < 4.78 is 40.1. The van der Waals surface area contributed by atoms with Crippen LogP contribution >= 0.6 is 0 Å². The van der Waals surface area contributed by atoms with Gasteiger partial charge in [-0.15, -0.1) is 0 Å². The van der Waals surface area contributed by atoms with Crippen molar-refractivity contribution in [1.29, 1.82) is 5.41 Å². The van der Waals surface area contributed by atoms with Crippen LogP contribution in [0.5, 0.6) is 0 Å². The largest absolute Gasteiger partial charge is 0.417 e. The highest BCUT2D eigenvalue weighted by Gasteiger charge is 2.34. The van der Waals surface area contributed by atoms with Gasteiger partial charge >= 0.3 is 6.18 Å². The fourth-order valence-electron chi connectivity index (χ4n) is 2.71. The van der Waals surface area contributed by atoms with E-state index in [2.05, 4.69) is 26.6 Å². The Morgan fingerprint density at radius 1 is 1.12 bits per heavy atom. The molecule has 0 bridgehead atoms. The minimum absolute atomic E-state index is 0.154. The van der Waals surface area contributed by atoms with Gasteiger partial charge in [-0.3, -0.25) is 26.5 Å². The number of nitrogens with zero attached hydrogens (tertiary/aromatic N) is 2. The lowest BCUT2D eigenvalue weighted by Gasteiger charge is -2.14. The molecule has 1 amide bonds. The zero-order valence-corrected chi connectivity index (χ0v) is 17.3. The smallest absolute Gasteiger partial charge is 0.384 e. The number of aryl methyl sites for hydroxylation is 1. The van der Waals surface area contributed by atoms with Crippen molar-refractivity contribution in [2.24, 2.45) is 11.6 Å². The van der Waals surface area contributed by atoms with Crippen molar-refractivity contribution in [2.45, 2.75) is 13.1 Å². The van der Waals surface area contributed by atoms with E-state index in [1.54, 1.807) is 26.2 Å². The fraction of sp³-hybridized carbons (Fsp3) is 0.143. The van der Waals surface area contributed by atoms with Gasteiger partial charge in [-0.1, -0.05) is 6.07 Å². The summed E-state index contributed by atoms with van der Waals surface area (Å²) in [4.78, 5) is 20.3. The molecule has 0 saturated carbocycles. The molecular formula is C21H22F3N7O. The van der Waals surface area contributed by atoms with E-state index in [-0.39, 0.29) is 28.3 Å². The number of hydrazine groups is 1. The van der Waals surface area contributed by atoms with Crippen LogP contribution in [-0.4, -0.2) is 28.8 Å². The first-order valence-corrected chi connectivity index (χ1v) is 9.19. The van der Waals surface area contributed by atoms with Gasteiger partial charge in [0.15, 0.2) is 0 Å². The molecule has 168 valence electrons. The standard InChI is InChI=1S/C20H16F3N5O.CH6N2/c1-11-6-7-26-10-15(11)19(29)28-17-5-3-13(9-27-17)14-8-12(18(24)25)2-4-16(14)20(21,22)23;1-3-2/h2-10H,1H3,(H3,24,25)(H,27,28,29);3H,2H2,1H3. The summed E-state index contributed by atoms with van der Waals surface area (Å²) in [6.45, 7) is 1.76. The summed E-state index contributed by atoms with van der Waals surface area (Å²) in [5.41, 5.74) is 8.06. The van der Waals surface area contributed by atoms with Crippen LogP contribution in [0.25, 0.3) is 11.1 Å². The molecule has 0 atom stereocenters. The Balaban J connectivity index is 0.00000114. The number of hydrogen-bond acceptors (Lipinski definition) is 6. The number of alkyl halides is 3. The monoisotopic (exact) mass is 445 g/mol. The zero-order chi connectivity index (χ0) is 23.9. The van der Waals surface area contributed by atoms with E-state index in [9.17, 15) is 18.0 Å². The van der Waals surface area contributed by atoms with Gasteiger partial charge in [0, 0.05) is 29.7 Å². The minimum Gasteiger partial charge on any atom is -0.384 e. The van der Waals surface area contributed by atoms with Crippen LogP contribution in [-0.2, 0) is 6.18 Å². The Labute approximate surface area is 182 Å². The molecule has 3 aromatic rings. The van der Waals surface area contributed by atoms with Gasteiger partial charge in [0.25, 0.3) is 5.91 Å². The van der Waals surface area contributed by atoms with Crippen LogP contribution in [0.4, 0.5) is 19.0 Å². The molecule has 2 aromatic heterocycles. The molecule has 0 aliphatic rings. The molecular weight excluding hydrogens is 423 g/mol. The van der Waals surface area contributed by atoms with E-state index >= 15 is 0 Å². The summed E-state index contributed by atoms with van der Waals surface area (Å²) in [6.07, 6.45) is -0.385. The number of hydrogen-bond donors (Lipinski definition) is 5. The Kier molecular flexibility index (Phi) is 7.99. The third-order valence-corrected chi connectivity index (χ3v) is 4.24. The highest BCUT2D eigenvalue weighted by atomic mass is 19.4. The average Bonchev–Trinajstić information content (AvgIpc) is 2.74. The van der Waals surface area contributed by atoms with Gasteiger partial charge in [-0.05, 0) is 55.4 Å². The van der Waals surface area contributed by atoms with Crippen LogP contribution in [0.2, 0.25) is 0 Å². The summed E-state index contributed by atoms with van der Waals surface area (Å²) in [5, 5.41) is 10.0. The molecule has 0 saturated heterocycles. The third kappa shape index (κ3) is 6.09. The minimum atomic E-state index is -4.59. The topological polar surface area (TPSA) is 143 Å². The van der Waals surface area contributed by atoms with Gasteiger partial charge in [-0.25, -0.2) is 4.98 Å². The number of aromatic nitrogens is 2. The number of nitrogen functional groups attached to an aromatic ring is 1. The van der Waals surface area contributed by atoms with Gasteiger partial charge in [0.2, 0.25) is 0 Å². The summed E-state index contributed by atoms with van der Waals surface area (Å²) in [5.74, 6) is 4.01. The van der Waals surface area contributed by atoms with Crippen LogP contribution in [0, 0.1) is 12.3 Å². The van der Waals surface area contributed by atoms with Crippen molar-refractivity contribution in [3.63, 3.8) is 0 Å². The van der Waals surface area contributed by atoms with Crippen LogP contribution in [0.15, 0.2) is 55.0 Å². The lowest BCUT2D eigenvalue weighted by Crippen LogP contribution is -2.15. The molecule has 0 aliphatic carbocycles. The molecule has 32 heavy (non-hydrogen) atoms. The van der Waals surface area contributed by atoms with Crippen molar-refractivity contribution >= 4 is 17.6 Å². The molecule has 2 heterocycles. The summed E-state index contributed by atoms with van der Waals surface area (Å²) in [7, 11) is 1.65. The zero-order valence-electron chi connectivity index (χ0n) is 17.3. The number of carbonyl (C=O) groups is 1. The summed E-state index contributed by atoms with van der Waals surface area (Å²) in [6, 6.07) is 7.72. The Bertz CT molecular complexity index is 1100. The molecule has 0 radical (unpaired) electrons. The first kappa shape index (κ1) is 24.4. The molecule has 1 aromatic carbocycles. The Morgan fingerprint density at radius 2 is 1.81 bits per heavy atom. The highest BCUT2D eigenvalue weighted by molar-refractivity contribution is 6.04. The van der Waals surface area contributed by atoms with Gasteiger partial charge in [-0.2, -0.15) is 13.2 Å². The van der Waals surface area contributed by atoms with E-state index in [0.717, 1.165) is 17.7 Å². The van der Waals surface area contributed by atoms with Crippen molar-refractivity contribution in [2.75, 3.05) is 12.4 Å². The van der Waals surface area contributed by atoms with Crippen molar-refractivity contribution in [1.82, 2.24) is 15.4 Å². The molecule has 0 aliphatic heterocycles. The van der Waals surface area contributed by atoms with Gasteiger partial charge < -0.3 is 11.1 Å². The number of halogens is 3. The SMILES string of the molecule is CNN.Cc1ccncc1C(=O)Nc1ccc(-c2cc(C(=N)N)ccc2C(F)(F)F)cn1. The summed E-state index contributed by atoms with van der Waals surface area (Å²) >= 11 is 0. The number of nitrogens with two attached hydrogens (primary N) is 2. The fourth-order valence-corrected chi connectivity index (χ4v) is 2.71. The van der Waals surface area contributed by atoms with Crippen LogP contribution < -0.4 is 22.3 Å². The Morgan fingerprint density at radius 3 is 2.34 bits per heavy atom. The van der Waals surface area contributed by atoms with E-state index < -0.39 is 17.6 Å².